The highest BCUT2D eigenvalue weighted by Gasteiger charge is 2.17. The first-order chi connectivity index (χ1) is 8.22. The van der Waals surface area contributed by atoms with Crippen LogP contribution < -0.4 is 0 Å². The molecule has 4 nitrogen and oxygen atoms in total. The lowest BCUT2D eigenvalue weighted by atomic mass is 10.1. The molecule has 1 aromatic heterocycles. The summed E-state index contributed by atoms with van der Waals surface area (Å²) in [5.74, 6) is -1.44. The first-order valence-corrected chi connectivity index (χ1v) is 5.27. The minimum atomic E-state index is -0.819. The zero-order valence-electron chi connectivity index (χ0n) is 9.34. The number of esters is 1. The highest BCUT2D eigenvalue weighted by molar-refractivity contribution is 6.40. The van der Waals surface area contributed by atoms with Crippen LogP contribution in [0.3, 0.4) is 0 Å². The highest BCUT2D eigenvalue weighted by atomic mass is 16.5. The van der Waals surface area contributed by atoms with Crippen LogP contribution in [0, 0.1) is 0 Å². The van der Waals surface area contributed by atoms with Gasteiger partial charge in [-0.05, 0) is 24.4 Å². The fourth-order valence-electron chi connectivity index (χ4n) is 1.54. The third kappa shape index (κ3) is 2.30. The van der Waals surface area contributed by atoms with Crippen LogP contribution >= 0.6 is 0 Å². The van der Waals surface area contributed by atoms with Crippen molar-refractivity contribution in [3.8, 4) is 0 Å². The molecular formula is C13H11NO3. The van der Waals surface area contributed by atoms with Gasteiger partial charge in [-0.3, -0.25) is 9.78 Å². The van der Waals surface area contributed by atoms with E-state index in [1.807, 2.05) is 0 Å². The van der Waals surface area contributed by atoms with Crippen molar-refractivity contribution in [1.82, 2.24) is 4.98 Å². The largest absolute Gasteiger partial charge is 0.460 e. The number of pyridine rings is 1. The molecule has 0 unspecified atom stereocenters. The number of carbonyl (C=O) groups is 2. The molecule has 0 atom stereocenters. The third-order valence-corrected chi connectivity index (χ3v) is 2.36. The molecule has 17 heavy (non-hydrogen) atoms. The summed E-state index contributed by atoms with van der Waals surface area (Å²) in [6, 6.07) is 6.81. The third-order valence-electron chi connectivity index (χ3n) is 2.36. The molecule has 0 aliphatic rings. The van der Waals surface area contributed by atoms with Gasteiger partial charge in [0.05, 0.1) is 6.61 Å². The number of aromatic nitrogens is 1. The number of hydrogen-bond donors (Lipinski definition) is 0. The number of nitrogens with zero attached hydrogens (tertiary/aromatic N) is 1. The summed E-state index contributed by atoms with van der Waals surface area (Å²) in [4.78, 5) is 27.0. The molecule has 0 bridgehead atoms. The topological polar surface area (TPSA) is 56.3 Å². The average Bonchev–Trinajstić information content (AvgIpc) is 2.37. The van der Waals surface area contributed by atoms with Crippen LogP contribution in [0.15, 0.2) is 36.7 Å². The van der Waals surface area contributed by atoms with Gasteiger partial charge in [0.2, 0.25) is 0 Å². The molecule has 0 saturated carbocycles. The van der Waals surface area contributed by atoms with Crippen molar-refractivity contribution < 1.29 is 14.3 Å². The van der Waals surface area contributed by atoms with Crippen LogP contribution in [0.5, 0.6) is 0 Å². The molecule has 0 spiro atoms. The van der Waals surface area contributed by atoms with Crippen molar-refractivity contribution in [2.24, 2.45) is 0 Å². The second-order valence-corrected chi connectivity index (χ2v) is 3.49. The lowest BCUT2D eigenvalue weighted by Crippen LogP contribution is -2.17. The molecule has 0 aliphatic carbocycles. The first-order valence-electron chi connectivity index (χ1n) is 5.27. The van der Waals surface area contributed by atoms with Gasteiger partial charge in [-0.25, -0.2) is 4.79 Å². The predicted octanol–water partition coefficient (Wildman–Crippen LogP) is 1.98. The molecule has 0 N–H and O–H groups in total. The minimum Gasteiger partial charge on any atom is -0.460 e. The average molecular weight is 229 g/mol. The SMILES string of the molecule is CCOC(=O)C(=O)c1ccc2cnccc2c1. The monoisotopic (exact) mass is 229 g/mol. The van der Waals surface area contributed by atoms with Gasteiger partial charge in [0.1, 0.15) is 0 Å². The van der Waals surface area contributed by atoms with Gasteiger partial charge in [-0.15, -0.1) is 0 Å². The highest BCUT2D eigenvalue weighted by Crippen LogP contribution is 2.15. The molecule has 2 aromatic rings. The maximum Gasteiger partial charge on any atom is 0.379 e. The number of hydrogen-bond acceptors (Lipinski definition) is 4. The van der Waals surface area contributed by atoms with E-state index in [2.05, 4.69) is 9.72 Å². The maximum absolute atomic E-state index is 11.7. The van der Waals surface area contributed by atoms with E-state index in [1.54, 1.807) is 43.6 Å². The van der Waals surface area contributed by atoms with Gasteiger partial charge in [-0.2, -0.15) is 0 Å². The smallest absolute Gasteiger partial charge is 0.379 e. The van der Waals surface area contributed by atoms with E-state index in [4.69, 9.17) is 0 Å². The number of benzene rings is 1. The fraction of sp³-hybridized carbons (Fsp3) is 0.154. The van der Waals surface area contributed by atoms with Crippen molar-refractivity contribution >= 4 is 22.5 Å². The van der Waals surface area contributed by atoms with Gasteiger partial charge < -0.3 is 4.74 Å². The van der Waals surface area contributed by atoms with E-state index in [1.165, 1.54) is 0 Å². The quantitative estimate of drug-likeness (QED) is 0.458. The summed E-state index contributed by atoms with van der Waals surface area (Å²) >= 11 is 0. The summed E-state index contributed by atoms with van der Waals surface area (Å²) in [6.45, 7) is 1.86. The summed E-state index contributed by atoms with van der Waals surface area (Å²) in [6.07, 6.45) is 3.34. The van der Waals surface area contributed by atoms with E-state index >= 15 is 0 Å². The minimum absolute atomic E-state index is 0.197. The zero-order valence-corrected chi connectivity index (χ0v) is 9.34. The second-order valence-electron chi connectivity index (χ2n) is 3.49. The van der Waals surface area contributed by atoms with Crippen LogP contribution in [-0.4, -0.2) is 23.3 Å². The Labute approximate surface area is 98.2 Å². The standard InChI is InChI=1S/C13H11NO3/c1-2-17-13(16)12(15)10-3-4-11-8-14-6-5-9(11)7-10/h3-8H,2H2,1H3. The number of Topliss-reactive ketones (excluding diaryl/α,β-unsaturated/α-hetero) is 1. The van der Waals surface area contributed by atoms with E-state index in [-0.39, 0.29) is 6.61 Å². The molecule has 2 rings (SSSR count). The molecule has 4 heteroatoms. The van der Waals surface area contributed by atoms with E-state index in [0.717, 1.165) is 10.8 Å². The zero-order chi connectivity index (χ0) is 12.3. The van der Waals surface area contributed by atoms with Crippen molar-refractivity contribution in [2.75, 3.05) is 6.61 Å². The van der Waals surface area contributed by atoms with Crippen LogP contribution in [-0.2, 0) is 9.53 Å². The van der Waals surface area contributed by atoms with Gasteiger partial charge in [0.25, 0.3) is 5.78 Å². The lowest BCUT2D eigenvalue weighted by molar-refractivity contribution is -0.137. The van der Waals surface area contributed by atoms with Crippen molar-refractivity contribution in [2.45, 2.75) is 6.92 Å². The molecule has 0 radical (unpaired) electrons. The number of ether oxygens (including phenoxy) is 1. The number of ketones is 1. The van der Waals surface area contributed by atoms with Gasteiger partial charge in [0, 0.05) is 23.3 Å². The van der Waals surface area contributed by atoms with E-state index in [9.17, 15) is 9.59 Å². The normalized spacial score (nSPS) is 10.2. The molecule has 86 valence electrons. The summed E-state index contributed by atoms with van der Waals surface area (Å²) in [5, 5.41) is 1.79. The Morgan fingerprint density at radius 1 is 1.24 bits per heavy atom. The van der Waals surface area contributed by atoms with E-state index < -0.39 is 11.8 Å². The first kappa shape index (κ1) is 11.3. The number of fused-ring (bicyclic) bond motifs is 1. The molecule has 0 aliphatic heterocycles. The molecule has 0 fully saturated rings. The van der Waals surface area contributed by atoms with Crippen LogP contribution in [0.1, 0.15) is 17.3 Å². The van der Waals surface area contributed by atoms with Gasteiger partial charge in [0.15, 0.2) is 0 Å². The van der Waals surface area contributed by atoms with Crippen molar-refractivity contribution in [1.29, 1.82) is 0 Å². The molecular weight excluding hydrogens is 218 g/mol. The Kier molecular flexibility index (Phi) is 3.14. The Morgan fingerprint density at radius 2 is 2.06 bits per heavy atom. The lowest BCUT2D eigenvalue weighted by Gasteiger charge is -2.02. The van der Waals surface area contributed by atoms with Crippen LogP contribution in [0.2, 0.25) is 0 Å². The molecule has 0 saturated heterocycles. The predicted molar refractivity (Wildman–Crippen MR) is 62.7 cm³/mol. The Balaban J connectivity index is 2.36. The van der Waals surface area contributed by atoms with Gasteiger partial charge >= 0.3 is 5.97 Å². The fourth-order valence-corrected chi connectivity index (χ4v) is 1.54. The van der Waals surface area contributed by atoms with Crippen LogP contribution in [0.4, 0.5) is 0 Å². The van der Waals surface area contributed by atoms with Gasteiger partial charge in [-0.1, -0.05) is 12.1 Å². The summed E-state index contributed by atoms with van der Waals surface area (Å²) in [7, 11) is 0. The van der Waals surface area contributed by atoms with Crippen molar-refractivity contribution in [3.05, 3.63) is 42.2 Å². The molecule has 0 amide bonds. The Hall–Kier alpha value is -2.23. The van der Waals surface area contributed by atoms with Crippen molar-refractivity contribution in [3.63, 3.8) is 0 Å². The second kappa shape index (κ2) is 4.74. The summed E-state index contributed by atoms with van der Waals surface area (Å²) in [5.41, 5.74) is 0.335. The molecule has 1 heterocycles. The Bertz CT molecular complexity index is 578. The molecule has 1 aromatic carbocycles. The number of rotatable bonds is 3. The maximum atomic E-state index is 11.7. The number of carbonyl (C=O) groups excluding carboxylic acids is 2. The van der Waals surface area contributed by atoms with E-state index in [0.29, 0.717) is 5.56 Å². The summed E-state index contributed by atoms with van der Waals surface area (Å²) < 4.78 is 4.67. The Morgan fingerprint density at radius 3 is 2.82 bits per heavy atom. The van der Waals surface area contributed by atoms with Crippen LogP contribution in [0.25, 0.3) is 10.8 Å².